The van der Waals surface area contributed by atoms with E-state index in [1.54, 1.807) is 0 Å². The number of hydrogen-bond donors (Lipinski definition) is 3. The molecule has 146 valence electrons. The summed E-state index contributed by atoms with van der Waals surface area (Å²) < 4.78 is 5.31. The molecule has 0 radical (unpaired) electrons. The SMILES string of the molecule is CCCC(CN=C(N)NCC1CCCN1CC)NC(=O)OC(C)(C)C. The summed E-state index contributed by atoms with van der Waals surface area (Å²) in [7, 11) is 0. The minimum atomic E-state index is -0.503. The van der Waals surface area contributed by atoms with Crippen LogP contribution in [0.3, 0.4) is 0 Å². The molecule has 0 saturated carbocycles. The lowest BCUT2D eigenvalue weighted by Gasteiger charge is -2.24. The molecule has 1 aliphatic rings. The van der Waals surface area contributed by atoms with Crippen LogP contribution in [0.2, 0.25) is 0 Å². The minimum Gasteiger partial charge on any atom is -0.444 e. The standard InChI is InChI=1S/C18H37N5O2/c1-6-9-14(22-17(24)25-18(3,4)5)12-20-16(19)21-13-15-10-8-11-23(15)7-2/h14-15H,6-13H2,1-5H3,(H,22,24)(H3,19,20,21). The van der Waals surface area contributed by atoms with E-state index in [1.165, 1.54) is 12.8 Å². The number of alkyl carbamates (subject to hydrolysis) is 1. The summed E-state index contributed by atoms with van der Waals surface area (Å²) in [6.07, 6.45) is 3.83. The molecule has 1 saturated heterocycles. The first kappa shape index (κ1) is 21.5. The maximum atomic E-state index is 11.9. The molecule has 0 spiro atoms. The van der Waals surface area contributed by atoms with Crippen LogP contribution >= 0.6 is 0 Å². The maximum Gasteiger partial charge on any atom is 0.407 e. The Morgan fingerprint density at radius 3 is 2.72 bits per heavy atom. The molecular formula is C18H37N5O2. The van der Waals surface area contributed by atoms with Crippen molar-refractivity contribution in [3.63, 3.8) is 0 Å². The lowest BCUT2D eigenvalue weighted by atomic mass is 10.1. The van der Waals surface area contributed by atoms with Crippen LogP contribution in [0.25, 0.3) is 0 Å². The number of hydrogen-bond acceptors (Lipinski definition) is 4. The van der Waals surface area contributed by atoms with Gasteiger partial charge in [-0.15, -0.1) is 0 Å². The molecular weight excluding hydrogens is 318 g/mol. The molecule has 1 heterocycles. The summed E-state index contributed by atoms with van der Waals surface area (Å²) in [6, 6.07) is 0.462. The van der Waals surface area contributed by atoms with E-state index in [0.717, 1.165) is 32.5 Å². The van der Waals surface area contributed by atoms with Crippen molar-refractivity contribution in [1.82, 2.24) is 15.5 Å². The molecule has 7 nitrogen and oxygen atoms in total. The monoisotopic (exact) mass is 355 g/mol. The first-order chi connectivity index (χ1) is 11.7. The average molecular weight is 356 g/mol. The zero-order valence-corrected chi connectivity index (χ0v) is 16.6. The van der Waals surface area contributed by atoms with Crippen molar-refractivity contribution in [2.24, 2.45) is 10.7 Å². The highest BCUT2D eigenvalue weighted by atomic mass is 16.6. The number of likely N-dealkylation sites (N-methyl/N-ethyl adjacent to an activating group) is 1. The number of ether oxygens (including phenoxy) is 1. The summed E-state index contributed by atoms with van der Waals surface area (Å²) in [6.45, 7) is 13.3. The number of nitrogens with zero attached hydrogens (tertiary/aromatic N) is 2. The van der Waals surface area contributed by atoms with Crippen molar-refractivity contribution in [3.05, 3.63) is 0 Å². The molecule has 0 aromatic rings. The third-order valence-corrected chi connectivity index (χ3v) is 4.26. The number of likely N-dealkylation sites (tertiary alicyclic amines) is 1. The maximum absolute atomic E-state index is 11.9. The second kappa shape index (κ2) is 10.5. The van der Waals surface area contributed by atoms with Crippen molar-refractivity contribution < 1.29 is 9.53 Å². The molecule has 25 heavy (non-hydrogen) atoms. The van der Waals surface area contributed by atoms with Gasteiger partial charge in [-0.3, -0.25) is 9.89 Å². The summed E-state index contributed by atoms with van der Waals surface area (Å²) in [4.78, 5) is 18.8. The highest BCUT2D eigenvalue weighted by molar-refractivity contribution is 5.78. The fourth-order valence-electron chi connectivity index (χ4n) is 3.06. The Labute approximate surface area is 152 Å². The Kier molecular flexibility index (Phi) is 9.03. The molecule has 4 N–H and O–H groups in total. The van der Waals surface area contributed by atoms with Crippen LogP contribution in [0.15, 0.2) is 4.99 Å². The lowest BCUT2D eigenvalue weighted by molar-refractivity contribution is 0.0503. The zero-order valence-electron chi connectivity index (χ0n) is 16.6. The molecule has 2 atom stereocenters. The van der Waals surface area contributed by atoms with E-state index in [-0.39, 0.29) is 6.04 Å². The van der Waals surface area contributed by atoms with Gasteiger partial charge in [-0.25, -0.2) is 4.79 Å². The first-order valence-electron chi connectivity index (χ1n) is 9.52. The summed E-state index contributed by atoms with van der Waals surface area (Å²) in [5.74, 6) is 0.440. The normalized spacial score (nSPS) is 20.4. The van der Waals surface area contributed by atoms with Crippen molar-refractivity contribution in [1.29, 1.82) is 0 Å². The molecule has 2 unspecified atom stereocenters. The molecule has 1 aliphatic heterocycles. The van der Waals surface area contributed by atoms with E-state index in [1.807, 2.05) is 20.8 Å². The van der Waals surface area contributed by atoms with Gasteiger partial charge in [0, 0.05) is 12.6 Å². The second-order valence-corrected chi connectivity index (χ2v) is 7.66. The van der Waals surface area contributed by atoms with Crippen molar-refractivity contribution in [2.45, 2.75) is 78.0 Å². The van der Waals surface area contributed by atoms with E-state index in [2.05, 4.69) is 34.4 Å². The van der Waals surface area contributed by atoms with Gasteiger partial charge in [0.05, 0.1) is 12.6 Å². The predicted molar refractivity (Wildman–Crippen MR) is 103 cm³/mol. The van der Waals surface area contributed by atoms with Gasteiger partial charge in [-0.05, 0) is 53.1 Å². The van der Waals surface area contributed by atoms with Crippen LogP contribution < -0.4 is 16.4 Å². The van der Waals surface area contributed by atoms with Crippen LogP contribution in [0, 0.1) is 0 Å². The molecule has 0 aromatic carbocycles. The number of nitrogens with two attached hydrogens (primary N) is 1. The molecule has 0 bridgehead atoms. The third kappa shape index (κ3) is 8.95. The van der Waals surface area contributed by atoms with Crippen LogP contribution in [0.5, 0.6) is 0 Å². The van der Waals surface area contributed by atoms with Crippen molar-refractivity contribution in [2.75, 3.05) is 26.2 Å². The Bertz CT molecular complexity index is 434. The van der Waals surface area contributed by atoms with Crippen LogP contribution in [-0.2, 0) is 4.74 Å². The number of aliphatic imine (C=N–C) groups is 1. The third-order valence-electron chi connectivity index (χ3n) is 4.26. The molecule has 1 fully saturated rings. The number of guanidine groups is 1. The van der Waals surface area contributed by atoms with Gasteiger partial charge in [0.15, 0.2) is 5.96 Å². The van der Waals surface area contributed by atoms with Gasteiger partial charge in [0.1, 0.15) is 5.60 Å². The molecule has 0 aliphatic carbocycles. The number of nitrogens with one attached hydrogen (secondary N) is 2. The van der Waals surface area contributed by atoms with E-state index in [4.69, 9.17) is 10.5 Å². The lowest BCUT2D eigenvalue weighted by Crippen LogP contribution is -2.44. The average Bonchev–Trinajstić information content (AvgIpc) is 2.96. The predicted octanol–water partition coefficient (Wildman–Crippen LogP) is 2.07. The fourth-order valence-corrected chi connectivity index (χ4v) is 3.06. The van der Waals surface area contributed by atoms with E-state index in [0.29, 0.717) is 18.5 Å². The highest BCUT2D eigenvalue weighted by Crippen LogP contribution is 2.15. The van der Waals surface area contributed by atoms with Crippen molar-refractivity contribution >= 4 is 12.1 Å². The zero-order chi connectivity index (χ0) is 18.9. The van der Waals surface area contributed by atoms with Gasteiger partial charge < -0.3 is 21.1 Å². The number of amides is 1. The number of carbonyl (C=O) groups is 1. The van der Waals surface area contributed by atoms with E-state index >= 15 is 0 Å². The first-order valence-corrected chi connectivity index (χ1v) is 9.52. The van der Waals surface area contributed by atoms with Crippen LogP contribution in [0.4, 0.5) is 4.79 Å². The molecule has 1 rings (SSSR count). The highest BCUT2D eigenvalue weighted by Gasteiger charge is 2.22. The van der Waals surface area contributed by atoms with Crippen LogP contribution in [0.1, 0.15) is 60.3 Å². The van der Waals surface area contributed by atoms with E-state index < -0.39 is 11.7 Å². The van der Waals surface area contributed by atoms with Gasteiger partial charge in [0.2, 0.25) is 0 Å². The van der Waals surface area contributed by atoms with Crippen molar-refractivity contribution in [3.8, 4) is 0 Å². The van der Waals surface area contributed by atoms with Crippen LogP contribution in [-0.4, -0.2) is 60.8 Å². The Hall–Kier alpha value is -1.50. The fraction of sp³-hybridized carbons (Fsp3) is 0.889. The summed E-state index contributed by atoms with van der Waals surface area (Å²) >= 11 is 0. The summed E-state index contributed by atoms with van der Waals surface area (Å²) in [5, 5.41) is 6.10. The van der Waals surface area contributed by atoms with Gasteiger partial charge in [-0.1, -0.05) is 20.3 Å². The number of rotatable bonds is 8. The topological polar surface area (TPSA) is 92.0 Å². The van der Waals surface area contributed by atoms with Gasteiger partial charge in [0.25, 0.3) is 0 Å². The minimum absolute atomic E-state index is 0.0705. The number of carbonyl (C=O) groups excluding carboxylic acids is 1. The molecule has 0 aromatic heterocycles. The molecule has 7 heteroatoms. The Balaban J connectivity index is 2.43. The van der Waals surface area contributed by atoms with Gasteiger partial charge in [-0.2, -0.15) is 0 Å². The quantitative estimate of drug-likeness (QED) is 0.458. The smallest absolute Gasteiger partial charge is 0.407 e. The second-order valence-electron chi connectivity index (χ2n) is 7.66. The largest absolute Gasteiger partial charge is 0.444 e. The van der Waals surface area contributed by atoms with Gasteiger partial charge >= 0.3 is 6.09 Å². The Morgan fingerprint density at radius 1 is 1.40 bits per heavy atom. The summed E-state index contributed by atoms with van der Waals surface area (Å²) in [5.41, 5.74) is 5.49. The Morgan fingerprint density at radius 2 is 2.12 bits per heavy atom. The van der Waals surface area contributed by atoms with E-state index in [9.17, 15) is 4.79 Å². The molecule has 1 amide bonds.